The molecule has 1 aromatic rings. The van der Waals surface area contributed by atoms with E-state index in [0.29, 0.717) is 0 Å². The Morgan fingerprint density at radius 1 is 1.11 bits per heavy atom. The van der Waals surface area contributed by atoms with Gasteiger partial charge in [-0.1, -0.05) is 24.3 Å². The highest BCUT2D eigenvalue weighted by Gasteiger charge is 2.40. The lowest BCUT2D eigenvalue weighted by atomic mass is 10.00. The topological polar surface area (TPSA) is 32.7 Å². The van der Waals surface area contributed by atoms with Gasteiger partial charge in [0.1, 0.15) is 0 Å². The van der Waals surface area contributed by atoms with Crippen LogP contribution in [0, 0.1) is 0 Å². The summed E-state index contributed by atoms with van der Waals surface area (Å²) in [5, 5.41) is 10.1. The molecule has 2 fully saturated rings. The molecule has 3 heteroatoms. The molecule has 1 heterocycles. The summed E-state index contributed by atoms with van der Waals surface area (Å²) in [7, 11) is 0. The summed E-state index contributed by atoms with van der Waals surface area (Å²) >= 11 is 0. The van der Waals surface area contributed by atoms with Gasteiger partial charge in [0.2, 0.25) is 0 Å². The largest absolute Gasteiger partial charge is 0.390 e. The van der Waals surface area contributed by atoms with Gasteiger partial charge in [-0.05, 0) is 24.0 Å². The summed E-state index contributed by atoms with van der Waals surface area (Å²) in [5.41, 5.74) is 2.27. The Balaban J connectivity index is 1.69. The van der Waals surface area contributed by atoms with E-state index in [1.165, 1.54) is 11.1 Å². The van der Waals surface area contributed by atoms with Crippen molar-refractivity contribution in [3.05, 3.63) is 35.4 Å². The average Bonchev–Trinajstić information content (AvgIpc) is 3.11. The van der Waals surface area contributed by atoms with Crippen molar-refractivity contribution in [2.45, 2.75) is 31.4 Å². The number of aliphatic hydroxyl groups is 1. The fourth-order valence-corrected chi connectivity index (χ4v) is 2.56. The Morgan fingerprint density at radius 3 is 2.44 bits per heavy atom. The normalized spacial score (nSPS) is 22.9. The number of hydrogen-bond acceptors (Lipinski definition) is 3. The zero-order valence-corrected chi connectivity index (χ0v) is 10.8. The van der Waals surface area contributed by atoms with E-state index in [1.54, 1.807) is 0 Å². The summed E-state index contributed by atoms with van der Waals surface area (Å²) in [6.45, 7) is 4.69. The monoisotopic (exact) mass is 247 g/mol. The fraction of sp³-hybridized carbons (Fsp3) is 0.600. The van der Waals surface area contributed by atoms with Gasteiger partial charge in [0.05, 0.1) is 18.8 Å². The molecule has 3 rings (SSSR count). The number of hydrogen-bond donors (Lipinski definition) is 1. The first-order valence-electron chi connectivity index (χ1n) is 6.84. The first kappa shape index (κ1) is 12.2. The van der Waals surface area contributed by atoms with Gasteiger partial charge >= 0.3 is 0 Å². The zero-order valence-electron chi connectivity index (χ0n) is 10.8. The maximum atomic E-state index is 10.1. The minimum atomic E-state index is -0.402. The summed E-state index contributed by atoms with van der Waals surface area (Å²) < 4.78 is 5.38. The standard InChI is InChI=1S/C15H21NO2/c17-15(5-6-15)11-13-3-1-2-4-14(13)12-16-7-9-18-10-8-16/h1-4,17H,5-12H2. The van der Waals surface area contributed by atoms with Crippen LogP contribution in [0.2, 0.25) is 0 Å². The number of ether oxygens (including phenoxy) is 1. The van der Waals surface area contributed by atoms with Crippen LogP contribution < -0.4 is 0 Å². The van der Waals surface area contributed by atoms with Crippen molar-refractivity contribution in [1.29, 1.82) is 0 Å². The van der Waals surface area contributed by atoms with Crippen LogP contribution in [-0.2, 0) is 17.7 Å². The van der Waals surface area contributed by atoms with E-state index in [9.17, 15) is 5.11 Å². The Labute approximate surface area is 108 Å². The Morgan fingerprint density at radius 2 is 1.78 bits per heavy atom. The highest BCUT2D eigenvalue weighted by Crippen LogP contribution is 2.38. The van der Waals surface area contributed by atoms with Crippen molar-refractivity contribution in [3.63, 3.8) is 0 Å². The molecule has 1 aromatic carbocycles. The second kappa shape index (κ2) is 5.00. The molecular weight excluding hydrogens is 226 g/mol. The highest BCUT2D eigenvalue weighted by atomic mass is 16.5. The van der Waals surface area contributed by atoms with E-state index < -0.39 is 5.60 Å². The molecule has 1 aliphatic heterocycles. The van der Waals surface area contributed by atoms with Gasteiger partial charge in [0.25, 0.3) is 0 Å². The third-order valence-corrected chi connectivity index (χ3v) is 3.96. The van der Waals surface area contributed by atoms with Crippen molar-refractivity contribution in [2.24, 2.45) is 0 Å². The van der Waals surface area contributed by atoms with Gasteiger partial charge in [0.15, 0.2) is 0 Å². The molecule has 2 aliphatic rings. The smallest absolute Gasteiger partial charge is 0.0690 e. The van der Waals surface area contributed by atoms with Crippen LogP contribution in [0.15, 0.2) is 24.3 Å². The molecule has 0 aromatic heterocycles. The zero-order chi connectivity index (χ0) is 12.4. The summed E-state index contributed by atoms with van der Waals surface area (Å²) in [4.78, 5) is 2.43. The number of morpholine rings is 1. The quantitative estimate of drug-likeness (QED) is 0.877. The minimum Gasteiger partial charge on any atom is -0.390 e. The second-order valence-electron chi connectivity index (χ2n) is 5.56. The molecule has 1 N–H and O–H groups in total. The van der Waals surface area contributed by atoms with Gasteiger partial charge in [-0.25, -0.2) is 0 Å². The molecule has 0 atom stereocenters. The summed E-state index contributed by atoms with van der Waals surface area (Å²) in [5.74, 6) is 0. The Bertz CT molecular complexity index is 409. The molecule has 1 aliphatic carbocycles. The van der Waals surface area contributed by atoms with Crippen molar-refractivity contribution in [1.82, 2.24) is 4.90 Å². The fourth-order valence-electron chi connectivity index (χ4n) is 2.56. The molecule has 1 saturated heterocycles. The Hall–Kier alpha value is -0.900. The first-order chi connectivity index (χ1) is 8.75. The molecule has 0 radical (unpaired) electrons. The predicted molar refractivity (Wildman–Crippen MR) is 70.4 cm³/mol. The van der Waals surface area contributed by atoms with Gasteiger partial charge in [0, 0.05) is 26.1 Å². The molecule has 0 amide bonds. The highest BCUT2D eigenvalue weighted by molar-refractivity contribution is 5.29. The van der Waals surface area contributed by atoms with E-state index >= 15 is 0 Å². The summed E-state index contributed by atoms with van der Waals surface area (Å²) in [6, 6.07) is 8.52. The van der Waals surface area contributed by atoms with Crippen LogP contribution >= 0.6 is 0 Å². The molecule has 3 nitrogen and oxygen atoms in total. The lowest BCUT2D eigenvalue weighted by Crippen LogP contribution is -2.36. The first-order valence-corrected chi connectivity index (χ1v) is 6.84. The van der Waals surface area contributed by atoms with E-state index in [1.807, 2.05) is 0 Å². The summed E-state index contributed by atoms with van der Waals surface area (Å²) in [6.07, 6.45) is 2.73. The van der Waals surface area contributed by atoms with Crippen molar-refractivity contribution in [2.75, 3.05) is 26.3 Å². The van der Waals surface area contributed by atoms with Crippen LogP contribution in [0.4, 0.5) is 0 Å². The molecule has 0 spiro atoms. The maximum absolute atomic E-state index is 10.1. The number of rotatable bonds is 4. The van der Waals surface area contributed by atoms with Crippen molar-refractivity contribution in [3.8, 4) is 0 Å². The predicted octanol–water partition coefficient (Wildman–Crippen LogP) is 1.59. The number of nitrogens with zero attached hydrogens (tertiary/aromatic N) is 1. The third kappa shape index (κ3) is 2.91. The molecule has 0 bridgehead atoms. The van der Waals surface area contributed by atoms with Crippen LogP contribution in [-0.4, -0.2) is 41.9 Å². The van der Waals surface area contributed by atoms with Gasteiger partial charge in [-0.3, -0.25) is 4.90 Å². The number of benzene rings is 1. The van der Waals surface area contributed by atoms with E-state index in [4.69, 9.17) is 4.74 Å². The second-order valence-corrected chi connectivity index (χ2v) is 5.56. The van der Waals surface area contributed by atoms with Crippen LogP contribution in [0.5, 0.6) is 0 Å². The molecule has 0 unspecified atom stereocenters. The van der Waals surface area contributed by atoms with E-state index in [-0.39, 0.29) is 0 Å². The van der Waals surface area contributed by atoms with E-state index in [0.717, 1.165) is 52.1 Å². The van der Waals surface area contributed by atoms with Gasteiger partial charge < -0.3 is 9.84 Å². The lowest BCUT2D eigenvalue weighted by Gasteiger charge is -2.27. The van der Waals surface area contributed by atoms with Crippen LogP contribution in [0.25, 0.3) is 0 Å². The lowest BCUT2D eigenvalue weighted by molar-refractivity contribution is 0.0339. The van der Waals surface area contributed by atoms with Crippen LogP contribution in [0.3, 0.4) is 0 Å². The van der Waals surface area contributed by atoms with Crippen molar-refractivity contribution >= 4 is 0 Å². The molecular formula is C15H21NO2. The van der Waals surface area contributed by atoms with Gasteiger partial charge in [-0.2, -0.15) is 0 Å². The minimum absolute atomic E-state index is 0.402. The van der Waals surface area contributed by atoms with Crippen molar-refractivity contribution < 1.29 is 9.84 Å². The molecule has 98 valence electrons. The average molecular weight is 247 g/mol. The van der Waals surface area contributed by atoms with E-state index in [2.05, 4.69) is 29.2 Å². The SMILES string of the molecule is OC1(Cc2ccccc2CN2CCOCC2)CC1. The maximum Gasteiger partial charge on any atom is 0.0690 e. The van der Waals surface area contributed by atoms with Crippen LogP contribution in [0.1, 0.15) is 24.0 Å². The molecule has 1 saturated carbocycles. The molecule has 18 heavy (non-hydrogen) atoms. The third-order valence-electron chi connectivity index (χ3n) is 3.96. The Kier molecular flexibility index (Phi) is 3.37. The van der Waals surface area contributed by atoms with Gasteiger partial charge in [-0.15, -0.1) is 0 Å².